The van der Waals surface area contributed by atoms with E-state index in [0.717, 1.165) is 127 Å². The summed E-state index contributed by atoms with van der Waals surface area (Å²) in [5.74, 6) is 1.72. The van der Waals surface area contributed by atoms with Crippen LogP contribution in [0.15, 0.2) is 303 Å². The molecule has 5 aromatic heterocycles. The minimum absolute atomic E-state index is 0.551. The highest BCUT2D eigenvalue weighted by Gasteiger charge is 2.25. The number of benzene rings is 13. The second kappa shape index (κ2) is 20.3. The summed E-state index contributed by atoms with van der Waals surface area (Å²) in [6.07, 6.45) is 0. The van der Waals surface area contributed by atoms with Gasteiger partial charge >= 0.3 is 0 Å². The third-order valence-electron chi connectivity index (χ3n) is 18.0. The van der Waals surface area contributed by atoms with Crippen LogP contribution in [0.1, 0.15) is 5.56 Å². The molecule has 0 saturated carbocycles. The van der Waals surface area contributed by atoms with Crippen molar-refractivity contribution in [3.8, 4) is 85.2 Å². The predicted octanol–water partition coefficient (Wildman–Crippen LogP) is 20.5. The molecule has 0 bridgehead atoms. The zero-order chi connectivity index (χ0) is 59.4. The number of aromatic nitrogens is 7. The molecule has 0 amide bonds. The molecule has 0 aliphatic heterocycles. The summed E-state index contributed by atoms with van der Waals surface area (Å²) in [5.41, 5.74) is 19.9. The second-order valence-electron chi connectivity index (χ2n) is 23.0. The van der Waals surface area contributed by atoms with Crippen LogP contribution in [0.4, 0.5) is 0 Å². The van der Waals surface area contributed by atoms with Gasteiger partial charge in [0.2, 0.25) is 0 Å². The molecule has 0 fully saturated rings. The van der Waals surface area contributed by atoms with E-state index < -0.39 is 0 Å². The Labute approximate surface area is 516 Å². The average Bonchev–Trinajstić information content (AvgIpc) is 1.61. The Kier molecular flexibility index (Phi) is 11.5. The molecule has 0 aliphatic carbocycles. The van der Waals surface area contributed by atoms with Crippen molar-refractivity contribution >= 4 is 87.2 Å². The summed E-state index contributed by atoms with van der Waals surface area (Å²) >= 11 is 0. The Hall–Kier alpha value is -12.4. The van der Waals surface area contributed by atoms with Gasteiger partial charge in [-0.25, -0.2) is 15.0 Å². The lowest BCUT2D eigenvalue weighted by atomic mass is 9.94. The summed E-state index contributed by atoms with van der Waals surface area (Å²) in [4.78, 5) is 15.7. The largest absolute Gasteiger partial charge is 0.309 e. The first kappa shape index (κ1) is 50.8. The van der Waals surface area contributed by atoms with Gasteiger partial charge in [0.15, 0.2) is 17.5 Å². The topological polar surface area (TPSA) is 82.2 Å². The molecule has 0 spiro atoms. The molecule has 13 aromatic carbocycles. The molecule has 5 heterocycles. The third kappa shape index (κ3) is 7.97. The van der Waals surface area contributed by atoms with E-state index >= 15 is 0 Å². The van der Waals surface area contributed by atoms with Crippen LogP contribution in [0.5, 0.6) is 0 Å². The van der Waals surface area contributed by atoms with Crippen molar-refractivity contribution in [1.29, 1.82) is 5.26 Å². The van der Waals surface area contributed by atoms with Gasteiger partial charge in [-0.05, 0) is 126 Å². The predicted molar refractivity (Wildman–Crippen MR) is 369 cm³/mol. The highest BCUT2D eigenvalue weighted by Crippen LogP contribution is 2.46. The maximum atomic E-state index is 10.6. The van der Waals surface area contributed by atoms with E-state index in [1.54, 1.807) is 0 Å². The number of nitrogens with zero attached hydrogens (tertiary/aromatic N) is 8. The molecule has 0 radical (unpaired) electrons. The maximum absolute atomic E-state index is 10.6. The first-order chi connectivity index (χ1) is 44.6. The van der Waals surface area contributed by atoms with Crippen LogP contribution >= 0.6 is 0 Å². The Morgan fingerprint density at radius 2 is 0.567 bits per heavy atom. The van der Waals surface area contributed by atoms with Crippen molar-refractivity contribution in [1.82, 2.24) is 33.2 Å². The Morgan fingerprint density at radius 3 is 1.00 bits per heavy atom. The molecular formula is C82H50N8. The average molecular weight is 1150 g/mol. The van der Waals surface area contributed by atoms with E-state index in [9.17, 15) is 5.26 Å². The van der Waals surface area contributed by atoms with Crippen LogP contribution in [0, 0.1) is 11.3 Å². The van der Waals surface area contributed by atoms with Gasteiger partial charge in [-0.15, -0.1) is 0 Å². The van der Waals surface area contributed by atoms with Gasteiger partial charge in [-0.3, -0.25) is 0 Å². The highest BCUT2D eigenvalue weighted by atomic mass is 15.0. The van der Waals surface area contributed by atoms with E-state index in [-0.39, 0.29) is 0 Å². The molecule has 8 heteroatoms. The number of hydrogen-bond donors (Lipinski definition) is 0. The summed E-state index contributed by atoms with van der Waals surface area (Å²) in [5, 5.41) is 20.0. The molecule has 18 aromatic rings. The quantitative estimate of drug-likeness (QED) is 0.144. The normalized spacial score (nSPS) is 11.8. The standard InChI is InChI=1S/C82H50N8/c83-51-52-22-21-27-55(44-52)64-45-56(40-42-74(64)89-72-38-19-15-34-62(72)68-47-66-60-32-13-17-36-70(60)87(76(66)49-78(68)89)58-28-9-3-10-29-58)65-46-57(82-85-80(53-23-5-1-6-24-53)84-81(86-82)54-25-7-2-8-26-54)41-43-75(65)90-73-39-20-16-35-63(73)69-48-67-61-33-14-18-37-71(61)88(77(67)50-79(69)90)59-30-11-4-12-31-59/h1-50H. The number of hydrogen-bond acceptors (Lipinski definition) is 4. The van der Waals surface area contributed by atoms with E-state index in [0.29, 0.717) is 23.0 Å². The fraction of sp³-hybridized carbons (Fsp3) is 0. The minimum atomic E-state index is 0.551. The molecule has 8 nitrogen and oxygen atoms in total. The van der Waals surface area contributed by atoms with E-state index in [4.69, 9.17) is 15.0 Å². The van der Waals surface area contributed by atoms with E-state index in [1.165, 1.54) is 21.5 Å². The zero-order valence-corrected chi connectivity index (χ0v) is 48.4. The molecule has 418 valence electrons. The Balaban J connectivity index is 0.937. The van der Waals surface area contributed by atoms with Gasteiger partial charge in [-0.1, -0.05) is 188 Å². The molecule has 0 saturated heterocycles. The van der Waals surface area contributed by atoms with Gasteiger partial charge in [0, 0.05) is 82.3 Å². The maximum Gasteiger partial charge on any atom is 0.164 e. The van der Waals surface area contributed by atoms with Crippen molar-refractivity contribution < 1.29 is 0 Å². The second-order valence-corrected chi connectivity index (χ2v) is 23.0. The molecule has 0 atom stereocenters. The van der Waals surface area contributed by atoms with Crippen LogP contribution in [0.3, 0.4) is 0 Å². The van der Waals surface area contributed by atoms with Crippen molar-refractivity contribution in [3.63, 3.8) is 0 Å². The Morgan fingerprint density at radius 1 is 0.233 bits per heavy atom. The summed E-state index contributed by atoms with van der Waals surface area (Å²) in [6, 6.07) is 110. The molecular weight excluding hydrogens is 1100 g/mol. The van der Waals surface area contributed by atoms with Gasteiger partial charge < -0.3 is 18.3 Å². The summed E-state index contributed by atoms with van der Waals surface area (Å²) < 4.78 is 9.66. The lowest BCUT2D eigenvalue weighted by molar-refractivity contribution is 1.07. The Bertz CT molecular complexity index is 5910. The van der Waals surface area contributed by atoms with Crippen LogP contribution in [0.2, 0.25) is 0 Å². The molecule has 0 unspecified atom stereocenters. The molecule has 0 aliphatic rings. The van der Waals surface area contributed by atoms with Crippen LogP contribution in [-0.2, 0) is 0 Å². The van der Waals surface area contributed by atoms with Crippen molar-refractivity contribution in [2.24, 2.45) is 0 Å². The first-order valence-corrected chi connectivity index (χ1v) is 30.3. The summed E-state index contributed by atoms with van der Waals surface area (Å²) in [6.45, 7) is 0. The zero-order valence-electron chi connectivity index (χ0n) is 48.4. The minimum Gasteiger partial charge on any atom is -0.309 e. The molecule has 90 heavy (non-hydrogen) atoms. The molecule has 0 N–H and O–H groups in total. The lowest BCUT2D eigenvalue weighted by Gasteiger charge is -2.19. The first-order valence-electron chi connectivity index (χ1n) is 30.3. The van der Waals surface area contributed by atoms with Crippen molar-refractivity contribution in [3.05, 3.63) is 309 Å². The lowest BCUT2D eigenvalue weighted by Crippen LogP contribution is -2.03. The van der Waals surface area contributed by atoms with Crippen molar-refractivity contribution in [2.45, 2.75) is 0 Å². The van der Waals surface area contributed by atoms with Gasteiger partial charge in [0.05, 0.1) is 67.1 Å². The fourth-order valence-electron chi connectivity index (χ4n) is 14.0. The molecule has 18 rings (SSSR count). The SMILES string of the molecule is N#Cc1cccc(-c2cc(-c3cc(-c4nc(-c5ccccc5)nc(-c5ccccc5)n4)ccc3-n3c4ccccc4c4cc5c6ccccc6n(-c6ccccc6)c5cc43)ccc2-n2c3ccccc3c3cc4c5ccccc5n(-c5ccccc5)c4cc32)c1. The highest BCUT2D eigenvalue weighted by molar-refractivity contribution is 6.21. The fourth-order valence-corrected chi connectivity index (χ4v) is 14.0. The number of fused-ring (bicyclic) bond motifs is 12. The van der Waals surface area contributed by atoms with Crippen molar-refractivity contribution in [2.75, 3.05) is 0 Å². The number of para-hydroxylation sites is 6. The van der Waals surface area contributed by atoms with Crippen LogP contribution < -0.4 is 0 Å². The number of nitriles is 1. The van der Waals surface area contributed by atoms with Gasteiger partial charge in [-0.2, -0.15) is 5.26 Å². The third-order valence-corrected chi connectivity index (χ3v) is 18.0. The number of rotatable bonds is 9. The van der Waals surface area contributed by atoms with E-state index in [2.05, 4.69) is 249 Å². The van der Waals surface area contributed by atoms with Crippen LogP contribution in [0.25, 0.3) is 166 Å². The monoisotopic (exact) mass is 1150 g/mol. The summed E-state index contributed by atoms with van der Waals surface area (Å²) in [7, 11) is 0. The van der Waals surface area contributed by atoms with Gasteiger partial charge in [0.25, 0.3) is 0 Å². The smallest absolute Gasteiger partial charge is 0.164 e. The van der Waals surface area contributed by atoms with E-state index in [1.807, 2.05) is 78.9 Å². The van der Waals surface area contributed by atoms with Gasteiger partial charge in [0.1, 0.15) is 0 Å². The van der Waals surface area contributed by atoms with Crippen LogP contribution in [-0.4, -0.2) is 33.2 Å².